The van der Waals surface area contributed by atoms with Crippen LogP contribution >= 0.6 is 0 Å². The number of rotatable bonds is 7. The third-order valence-electron chi connectivity index (χ3n) is 4.18. The van der Waals surface area contributed by atoms with Gasteiger partial charge in [0.25, 0.3) is 0 Å². The van der Waals surface area contributed by atoms with Crippen LogP contribution in [0.25, 0.3) is 0 Å². The van der Waals surface area contributed by atoms with E-state index >= 15 is 0 Å². The lowest BCUT2D eigenvalue weighted by atomic mass is 10.0. The van der Waals surface area contributed by atoms with Crippen molar-refractivity contribution in [3.05, 3.63) is 102 Å². The van der Waals surface area contributed by atoms with Crippen LogP contribution in [0, 0.1) is 0 Å². The Kier molecular flexibility index (Phi) is 6.54. The van der Waals surface area contributed by atoms with Crippen LogP contribution in [0.5, 0.6) is 0 Å². The molecule has 5 heteroatoms. The molecule has 0 radical (unpaired) electrons. The molecule has 28 heavy (non-hydrogen) atoms. The molecule has 3 aromatic carbocycles. The van der Waals surface area contributed by atoms with Gasteiger partial charge in [-0.3, -0.25) is 4.79 Å². The van der Waals surface area contributed by atoms with E-state index in [1.807, 2.05) is 60.7 Å². The van der Waals surface area contributed by atoms with Crippen molar-refractivity contribution in [1.29, 1.82) is 0 Å². The summed E-state index contributed by atoms with van der Waals surface area (Å²) < 4.78 is 10.6. The lowest BCUT2D eigenvalue weighted by Gasteiger charge is -2.19. The molecule has 0 saturated carbocycles. The minimum absolute atomic E-state index is 0.104. The molecule has 3 aromatic rings. The van der Waals surface area contributed by atoms with Crippen LogP contribution < -0.4 is 5.32 Å². The first-order valence-corrected chi connectivity index (χ1v) is 8.87. The van der Waals surface area contributed by atoms with E-state index in [0.717, 1.165) is 11.1 Å². The van der Waals surface area contributed by atoms with Crippen molar-refractivity contribution in [3.8, 4) is 0 Å². The fourth-order valence-corrected chi connectivity index (χ4v) is 2.80. The highest BCUT2D eigenvalue weighted by Gasteiger charge is 2.16. The monoisotopic (exact) mass is 375 g/mol. The first kappa shape index (κ1) is 19.3. The summed E-state index contributed by atoms with van der Waals surface area (Å²) in [7, 11) is 1.32. The molecule has 5 nitrogen and oxygen atoms in total. The molecule has 0 atom stereocenters. The number of hydrogen-bond donors (Lipinski definition) is 1. The summed E-state index contributed by atoms with van der Waals surface area (Å²) >= 11 is 0. The number of amides is 1. The van der Waals surface area contributed by atoms with Crippen LogP contribution in [0.1, 0.15) is 27.6 Å². The molecule has 0 unspecified atom stereocenters. The first-order chi connectivity index (χ1) is 13.7. The van der Waals surface area contributed by atoms with Crippen LogP contribution in [-0.4, -0.2) is 25.6 Å². The van der Waals surface area contributed by atoms with Crippen molar-refractivity contribution in [2.75, 3.05) is 19.0 Å². The predicted molar refractivity (Wildman–Crippen MR) is 107 cm³/mol. The maximum Gasteiger partial charge on any atom is 0.337 e. The molecule has 1 N–H and O–H groups in total. The highest BCUT2D eigenvalue weighted by molar-refractivity contribution is 5.93. The third kappa shape index (κ3) is 5.05. The Balaban J connectivity index is 1.65. The van der Waals surface area contributed by atoms with Gasteiger partial charge in [-0.25, -0.2) is 4.79 Å². The maximum absolute atomic E-state index is 12.3. The zero-order chi connectivity index (χ0) is 19.8. The summed E-state index contributed by atoms with van der Waals surface area (Å²) in [6.45, 7) is -0.104. The Hall–Kier alpha value is -3.44. The number of esters is 1. The summed E-state index contributed by atoms with van der Waals surface area (Å²) in [4.78, 5) is 23.8. The van der Waals surface area contributed by atoms with Crippen molar-refractivity contribution in [1.82, 2.24) is 0 Å². The van der Waals surface area contributed by atoms with Crippen LogP contribution in [0.3, 0.4) is 0 Å². The smallest absolute Gasteiger partial charge is 0.337 e. The van der Waals surface area contributed by atoms with Crippen molar-refractivity contribution in [2.24, 2.45) is 0 Å². The molecule has 1 amide bonds. The maximum atomic E-state index is 12.3. The SMILES string of the molecule is COC(=O)c1ccc(NC(=O)COC(c2ccccc2)c2ccccc2)cc1. The van der Waals surface area contributed by atoms with E-state index in [1.165, 1.54) is 7.11 Å². The highest BCUT2D eigenvalue weighted by atomic mass is 16.5. The van der Waals surface area contributed by atoms with Gasteiger partial charge < -0.3 is 14.8 Å². The van der Waals surface area contributed by atoms with Crippen LogP contribution in [0.4, 0.5) is 5.69 Å². The number of methoxy groups -OCH3 is 1. The van der Waals surface area contributed by atoms with Crippen LogP contribution in [0.2, 0.25) is 0 Å². The second kappa shape index (κ2) is 9.48. The zero-order valence-electron chi connectivity index (χ0n) is 15.5. The van der Waals surface area contributed by atoms with Crippen molar-refractivity contribution < 1.29 is 19.1 Å². The van der Waals surface area contributed by atoms with Gasteiger partial charge in [0.05, 0.1) is 12.7 Å². The number of carbonyl (C=O) groups excluding carboxylic acids is 2. The molecule has 0 heterocycles. The number of hydrogen-bond acceptors (Lipinski definition) is 4. The van der Waals surface area contributed by atoms with Crippen molar-refractivity contribution >= 4 is 17.6 Å². The molecular weight excluding hydrogens is 354 g/mol. The Morgan fingerprint density at radius 1 is 0.821 bits per heavy atom. The fraction of sp³-hybridized carbons (Fsp3) is 0.130. The Morgan fingerprint density at radius 3 is 1.86 bits per heavy atom. The van der Waals surface area contributed by atoms with E-state index in [4.69, 9.17) is 4.74 Å². The lowest BCUT2D eigenvalue weighted by molar-refractivity contribution is -0.121. The molecule has 0 saturated heterocycles. The average Bonchev–Trinajstić information content (AvgIpc) is 2.75. The summed E-state index contributed by atoms with van der Waals surface area (Å²) in [6.07, 6.45) is -0.338. The average molecular weight is 375 g/mol. The molecule has 0 bridgehead atoms. The van der Waals surface area contributed by atoms with Gasteiger partial charge in [0.15, 0.2) is 0 Å². The van der Waals surface area contributed by atoms with E-state index in [-0.39, 0.29) is 18.6 Å². The molecule has 0 aliphatic heterocycles. The van der Waals surface area contributed by atoms with Gasteiger partial charge in [0, 0.05) is 5.69 Å². The molecule has 0 aliphatic rings. The number of nitrogens with one attached hydrogen (secondary N) is 1. The Morgan fingerprint density at radius 2 is 1.36 bits per heavy atom. The van der Waals surface area contributed by atoms with Gasteiger partial charge in [-0.2, -0.15) is 0 Å². The van der Waals surface area contributed by atoms with Gasteiger partial charge in [0.1, 0.15) is 12.7 Å². The predicted octanol–water partition coefficient (Wildman–Crippen LogP) is 4.22. The summed E-state index contributed by atoms with van der Waals surface area (Å²) in [5.74, 6) is -0.697. The molecule has 0 fully saturated rings. The zero-order valence-corrected chi connectivity index (χ0v) is 15.5. The lowest BCUT2D eigenvalue weighted by Crippen LogP contribution is -2.20. The minimum Gasteiger partial charge on any atom is -0.465 e. The van der Waals surface area contributed by atoms with Gasteiger partial charge in [0.2, 0.25) is 5.91 Å². The Labute approximate surface area is 163 Å². The third-order valence-corrected chi connectivity index (χ3v) is 4.18. The quantitative estimate of drug-likeness (QED) is 0.628. The molecule has 0 aliphatic carbocycles. The summed E-state index contributed by atoms with van der Waals surface area (Å²) in [5, 5.41) is 2.77. The van der Waals surface area contributed by atoms with Crippen LogP contribution in [0.15, 0.2) is 84.9 Å². The van der Waals surface area contributed by atoms with E-state index in [9.17, 15) is 9.59 Å². The van der Waals surface area contributed by atoms with Crippen molar-refractivity contribution in [2.45, 2.75) is 6.10 Å². The van der Waals surface area contributed by atoms with Crippen molar-refractivity contribution in [3.63, 3.8) is 0 Å². The Bertz CT molecular complexity index is 869. The molecular formula is C23H21NO4. The number of anilines is 1. The van der Waals surface area contributed by atoms with Gasteiger partial charge >= 0.3 is 5.97 Å². The van der Waals surface area contributed by atoms with E-state index in [2.05, 4.69) is 10.1 Å². The molecule has 142 valence electrons. The normalized spacial score (nSPS) is 10.5. The minimum atomic E-state index is -0.422. The molecule has 0 aromatic heterocycles. The molecule has 3 rings (SSSR count). The van der Waals surface area contributed by atoms with E-state index in [0.29, 0.717) is 11.3 Å². The number of ether oxygens (including phenoxy) is 2. The highest BCUT2D eigenvalue weighted by Crippen LogP contribution is 2.25. The number of carbonyl (C=O) groups is 2. The van der Waals surface area contributed by atoms with Gasteiger partial charge in [-0.05, 0) is 35.4 Å². The van der Waals surface area contributed by atoms with Gasteiger partial charge in [-0.15, -0.1) is 0 Å². The second-order valence-corrected chi connectivity index (χ2v) is 6.13. The fourth-order valence-electron chi connectivity index (χ4n) is 2.80. The summed E-state index contributed by atoms with van der Waals surface area (Å²) in [6, 6.07) is 26.0. The number of benzene rings is 3. The summed E-state index contributed by atoms with van der Waals surface area (Å²) in [5.41, 5.74) is 2.95. The van der Waals surface area contributed by atoms with Gasteiger partial charge in [-0.1, -0.05) is 60.7 Å². The van der Waals surface area contributed by atoms with Crippen LogP contribution in [-0.2, 0) is 14.3 Å². The molecule has 0 spiro atoms. The standard InChI is InChI=1S/C23H21NO4/c1-27-23(26)19-12-14-20(15-13-19)24-21(25)16-28-22(17-8-4-2-5-9-17)18-10-6-3-7-11-18/h2-15,22H,16H2,1H3,(H,24,25). The first-order valence-electron chi connectivity index (χ1n) is 8.87. The van der Waals surface area contributed by atoms with E-state index < -0.39 is 5.97 Å². The topological polar surface area (TPSA) is 64.6 Å². The second-order valence-electron chi connectivity index (χ2n) is 6.13. The van der Waals surface area contributed by atoms with E-state index in [1.54, 1.807) is 24.3 Å². The largest absolute Gasteiger partial charge is 0.465 e.